The second-order valence-corrected chi connectivity index (χ2v) is 4.72. The molecule has 1 aromatic heterocycles. The highest BCUT2D eigenvalue weighted by molar-refractivity contribution is 5.89. The Balaban J connectivity index is 1.99. The van der Waals surface area contributed by atoms with E-state index < -0.39 is 0 Å². The summed E-state index contributed by atoms with van der Waals surface area (Å²) in [5.41, 5.74) is 3.46. The van der Waals surface area contributed by atoms with Gasteiger partial charge < -0.3 is 15.4 Å². The number of amides is 2. The second kappa shape index (κ2) is 6.74. The van der Waals surface area contributed by atoms with Crippen LogP contribution in [0.15, 0.2) is 36.5 Å². The molecule has 5 nitrogen and oxygen atoms in total. The summed E-state index contributed by atoms with van der Waals surface area (Å²) in [4.78, 5) is 16.2. The first-order valence-corrected chi connectivity index (χ1v) is 6.70. The molecule has 0 unspecified atom stereocenters. The normalized spacial score (nSPS) is 10.0. The van der Waals surface area contributed by atoms with E-state index in [0.717, 1.165) is 28.3 Å². The number of carbonyl (C=O) groups is 1. The van der Waals surface area contributed by atoms with Crippen LogP contribution in [0.5, 0.6) is 5.75 Å². The SMILES string of the molecule is COc1c(C)cnc(CNC(=O)Nc2ccccc2)c1C. The molecule has 0 radical (unpaired) electrons. The van der Waals surface area contributed by atoms with Crippen molar-refractivity contribution in [2.75, 3.05) is 12.4 Å². The molecule has 5 heteroatoms. The summed E-state index contributed by atoms with van der Waals surface area (Å²) in [6.07, 6.45) is 1.75. The Hall–Kier alpha value is -2.56. The van der Waals surface area contributed by atoms with E-state index in [1.165, 1.54) is 0 Å². The molecule has 1 aromatic carbocycles. The van der Waals surface area contributed by atoms with Crippen LogP contribution in [0.3, 0.4) is 0 Å². The molecule has 0 aliphatic heterocycles. The topological polar surface area (TPSA) is 63.2 Å². The number of aromatic nitrogens is 1. The first kappa shape index (κ1) is 14.8. The number of ether oxygens (including phenoxy) is 1. The number of aryl methyl sites for hydroxylation is 1. The average Bonchev–Trinajstić information content (AvgIpc) is 2.48. The van der Waals surface area contributed by atoms with Crippen molar-refractivity contribution in [3.8, 4) is 5.75 Å². The van der Waals surface area contributed by atoms with E-state index in [4.69, 9.17) is 4.74 Å². The fourth-order valence-corrected chi connectivity index (χ4v) is 2.11. The number of methoxy groups -OCH3 is 1. The van der Waals surface area contributed by atoms with Gasteiger partial charge in [-0.2, -0.15) is 0 Å². The molecule has 0 aliphatic rings. The highest BCUT2D eigenvalue weighted by atomic mass is 16.5. The van der Waals surface area contributed by atoms with E-state index in [-0.39, 0.29) is 6.03 Å². The highest BCUT2D eigenvalue weighted by Crippen LogP contribution is 2.23. The van der Waals surface area contributed by atoms with Gasteiger partial charge in [0.25, 0.3) is 0 Å². The number of pyridine rings is 1. The third-order valence-electron chi connectivity index (χ3n) is 3.20. The van der Waals surface area contributed by atoms with E-state index in [9.17, 15) is 4.79 Å². The third-order valence-corrected chi connectivity index (χ3v) is 3.20. The first-order chi connectivity index (χ1) is 10.1. The maximum absolute atomic E-state index is 11.8. The van der Waals surface area contributed by atoms with Gasteiger partial charge in [-0.3, -0.25) is 4.98 Å². The largest absolute Gasteiger partial charge is 0.496 e. The van der Waals surface area contributed by atoms with Crippen LogP contribution in [0.25, 0.3) is 0 Å². The smallest absolute Gasteiger partial charge is 0.319 e. The Kier molecular flexibility index (Phi) is 4.77. The number of para-hydroxylation sites is 1. The zero-order valence-corrected chi connectivity index (χ0v) is 12.4. The number of carbonyl (C=O) groups excluding carboxylic acids is 1. The number of urea groups is 1. The minimum Gasteiger partial charge on any atom is -0.496 e. The quantitative estimate of drug-likeness (QED) is 0.907. The van der Waals surface area contributed by atoms with Crippen LogP contribution in [-0.2, 0) is 6.54 Å². The van der Waals surface area contributed by atoms with Gasteiger partial charge in [0.15, 0.2) is 0 Å². The minimum atomic E-state index is -0.262. The molecule has 2 rings (SSSR count). The van der Waals surface area contributed by atoms with Gasteiger partial charge in [0.05, 0.1) is 19.3 Å². The lowest BCUT2D eigenvalue weighted by Gasteiger charge is -2.13. The number of benzene rings is 1. The molecular weight excluding hydrogens is 266 g/mol. The lowest BCUT2D eigenvalue weighted by atomic mass is 10.1. The summed E-state index contributed by atoms with van der Waals surface area (Å²) in [6.45, 7) is 4.23. The number of hydrogen-bond donors (Lipinski definition) is 2. The van der Waals surface area contributed by atoms with E-state index in [2.05, 4.69) is 15.6 Å². The lowest BCUT2D eigenvalue weighted by Crippen LogP contribution is -2.28. The Labute approximate surface area is 124 Å². The monoisotopic (exact) mass is 285 g/mol. The fourth-order valence-electron chi connectivity index (χ4n) is 2.11. The standard InChI is InChI=1S/C16H19N3O2/c1-11-9-17-14(12(2)15(11)21-3)10-18-16(20)19-13-7-5-4-6-8-13/h4-9H,10H2,1-3H3,(H2,18,19,20). The summed E-state index contributed by atoms with van der Waals surface area (Å²) >= 11 is 0. The van der Waals surface area contributed by atoms with Crippen LogP contribution in [0.2, 0.25) is 0 Å². The van der Waals surface area contributed by atoms with E-state index in [0.29, 0.717) is 6.54 Å². The summed E-state index contributed by atoms with van der Waals surface area (Å²) in [7, 11) is 1.63. The minimum absolute atomic E-state index is 0.262. The van der Waals surface area contributed by atoms with Crippen LogP contribution in [-0.4, -0.2) is 18.1 Å². The van der Waals surface area contributed by atoms with Gasteiger partial charge in [-0.25, -0.2) is 4.79 Å². The maximum Gasteiger partial charge on any atom is 0.319 e. The van der Waals surface area contributed by atoms with Crippen molar-refractivity contribution in [1.82, 2.24) is 10.3 Å². The van der Waals surface area contributed by atoms with Crippen LogP contribution in [0, 0.1) is 13.8 Å². The Morgan fingerprint density at radius 2 is 1.95 bits per heavy atom. The molecule has 110 valence electrons. The van der Waals surface area contributed by atoms with Gasteiger partial charge in [-0.05, 0) is 26.0 Å². The molecule has 0 spiro atoms. The summed E-state index contributed by atoms with van der Waals surface area (Å²) in [5, 5.41) is 5.55. The third kappa shape index (κ3) is 3.72. The molecule has 2 aromatic rings. The van der Waals surface area contributed by atoms with Gasteiger partial charge >= 0.3 is 6.03 Å². The highest BCUT2D eigenvalue weighted by Gasteiger charge is 2.10. The molecular formula is C16H19N3O2. The molecule has 0 aliphatic carbocycles. The molecule has 0 atom stereocenters. The molecule has 0 bridgehead atoms. The maximum atomic E-state index is 11.8. The van der Waals surface area contributed by atoms with Crippen molar-refractivity contribution in [3.63, 3.8) is 0 Å². The Morgan fingerprint density at radius 3 is 2.62 bits per heavy atom. The van der Waals surface area contributed by atoms with Gasteiger partial charge in [0.1, 0.15) is 5.75 Å². The number of nitrogens with zero attached hydrogens (tertiary/aromatic N) is 1. The van der Waals surface area contributed by atoms with Crippen molar-refractivity contribution >= 4 is 11.7 Å². The Bertz CT molecular complexity index is 627. The molecule has 0 saturated carbocycles. The Morgan fingerprint density at radius 1 is 1.24 bits per heavy atom. The lowest BCUT2D eigenvalue weighted by molar-refractivity contribution is 0.251. The van der Waals surface area contributed by atoms with Gasteiger partial charge in [0, 0.05) is 23.0 Å². The molecule has 0 fully saturated rings. The molecule has 2 amide bonds. The fraction of sp³-hybridized carbons (Fsp3) is 0.250. The van der Waals surface area contributed by atoms with E-state index in [1.54, 1.807) is 13.3 Å². The van der Waals surface area contributed by atoms with Crippen LogP contribution in [0.1, 0.15) is 16.8 Å². The van der Waals surface area contributed by atoms with Crippen molar-refractivity contribution in [2.24, 2.45) is 0 Å². The predicted molar refractivity (Wildman–Crippen MR) is 82.6 cm³/mol. The first-order valence-electron chi connectivity index (χ1n) is 6.70. The van der Waals surface area contributed by atoms with E-state index >= 15 is 0 Å². The van der Waals surface area contributed by atoms with E-state index in [1.807, 2.05) is 44.2 Å². The molecule has 2 N–H and O–H groups in total. The zero-order chi connectivity index (χ0) is 15.2. The number of hydrogen-bond acceptors (Lipinski definition) is 3. The summed E-state index contributed by atoms with van der Waals surface area (Å²) in [5.74, 6) is 0.810. The summed E-state index contributed by atoms with van der Waals surface area (Å²) < 4.78 is 5.35. The van der Waals surface area contributed by atoms with Crippen LogP contribution >= 0.6 is 0 Å². The average molecular weight is 285 g/mol. The number of anilines is 1. The van der Waals surface area contributed by atoms with Gasteiger partial charge in [-0.15, -0.1) is 0 Å². The van der Waals surface area contributed by atoms with Crippen LogP contribution in [0.4, 0.5) is 10.5 Å². The van der Waals surface area contributed by atoms with Crippen molar-refractivity contribution in [2.45, 2.75) is 20.4 Å². The van der Waals surface area contributed by atoms with Gasteiger partial charge in [0.2, 0.25) is 0 Å². The van der Waals surface area contributed by atoms with Crippen molar-refractivity contribution < 1.29 is 9.53 Å². The zero-order valence-electron chi connectivity index (χ0n) is 12.4. The molecule has 1 heterocycles. The van der Waals surface area contributed by atoms with Crippen molar-refractivity contribution in [3.05, 3.63) is 53.3 Å². The van der Waals surface area contributed by atoms with Crippen molar-refractivity contribution in [1.29, 1.82) is 0 Å². The predicted octanol–water partition coefficient (Wildman–Crippen LogP) is 3.03. The second-order valence-electron chi connectivity index (χ2n) is 4.72. The number of rotatable bonds is 4. The van der Waals surface area contributed by atoms with Gasteiger partial charge in [-0.1, -0.05) is 18.2 Å². The number of nitrogens with one attached hydrogen (secondary N) is 2. The summed E-state index contributed by atoms with van der Waals surface area (Å²) in [6, 6.07) is 9.03. The molecule has 0 saturated heterocycles. The molecule has 21 heavy (non-hydrogen) atoms. The van der Waals surface area contributed by atoms with Crippen LogP contribution < -0.4 is 15.4 Å².